The lowest BCUT2D eigenvalue weighted by molar-refractivity contribution is -0.136. The number of hydrogen-bond acceptors (Lipinski definition) is 9. The molecule has 44 heavy (non-hydrogen) atoms. The van der Waals surface area contributed by atoms with Gasteiger partial charge in [-0.1, -0.05) is 30.3 Å². The third-order valence-corrected chi connectivity index (χ3v) is 8.98. The minimum absolute atomic E-state index is 0.0103. The predicted octanol–water partition coefficient (Wildman–Crippen LogP) is 4.44. The first-order valence-corrected chi connectivity index (χ1v) is 14.8. The average molecular weight is 599 g/mol. The van der Waals surface area contributed by atoms with E-state index in [4.69, 9.17) is 13.9 Å². The zero-order valence-electron chi connectivity index (χ0n) is 24.4. The number of piperidine rings is 1. The number of benzene rings is 2. The summed E-state index contributed by atoms with van der Waals surface area (Å²) in [5, 5.41) is 20.9. The molecule has 2 aromatic heterocycles. The molecular formula is C33H32N3O8-. The van der Waals surface area contributed by atoms with Gasteiger partial charge in [0, 0.05) is 54.5 Å². The number of aromatic nitrogens is 1. The molecule has 0 aliphatic carbocycles. The highest BCUT2D eigenvalue weighted by Gasteiger charge is 2.37. The van der Waals surface area contributed by atoms with Crippen LogP contribution in [0.1, 0.15) is 43.9 Å². The number of likely N-dealkylation sites (tertiary alicyclic amines) is 1. The standard InChI is InChI=1S/C33H32N3O8/c1-33(2)11-10-22-26(44-33)14-27(30-23(13-29(38)43-31(22)30)20-6-4-3-5-7-20)42-18-28(37)34-15-19-12-21(17-34)24-8-9-25(36(40)41)32(39)35(24)16-19/h3-9,13-14,19,21,40H,10-12,15-18H2,1-2H3/q-1/t19-,21-/m0/s1. The van der Waals surface area contributed by atoms with Crippen molar-refractivity contribution >= 4 is 22.6 Å². The lowest BCUT2D eigenvalue weighted by Crippen LogP contribution is -2.50. The normalized spacial score (nSPS) is 20.0. The van der Waals surface area contributed by atoms with E-state index in [-0.39, 0.29) is 30.0 Å². The van der Waals surface area contributed by atoms with Crippen LogP contribution < -0.4 is 25.9 Å². The van der Waals surface area contributed by atoms with Crippen LogP contribution in [0, 0.1) is 11.1 Å². The number of ether oxygens (including phenoxy) is 2. The number of rotatable bonds is 5. The van der Waals surface area contributed by atoms with Crippen LogP contribution in [0.4, 0.5) is 5.69 Å². The van der Waals surface area contributed by atoms with E-state index in [9.17, 15) is 24.8 Å². The predicted molar refractivity (Wildman–Crippen MR) is 162 cm³/mol. The van der Waals surface area contributed by atoms with Crippen molar-refractivity contribution < 1.29 is 23.9 Å². The van der Waals surface area contributed by atoms with E-state index in [0.717, 1.165) is 29.7 Å². The van der Waals surface area contributed by atoms with Crippen molar-refractivity contribution in [1.82, 2.24) is 9.47 Å². The summed E-state index contributed by atoms with van der Waals surface area (Å²) < 4.78 is 19.9. The number of hydrogen-bond donors (Lipinski definition) is 1. The molecule has 0 spiro atoms. The number of carbonyl (C=O) groups excluding carboxylic acids is 1. The SMILES string of the molecule is CC1(C)CCc2c(cc(OCC(=O)N3C[C@@H]4C[C@@H](C3)c3ccc(N([O-])O)c(=O)n3C4)c3c(-c4ccccc4)cc(=O)oc23)O1. The molecule has 4 aromatic rings. The fourth-order valence-corrected chi connectivity index (χ4v) is 6.92. The van der Waals surface area contributed by atoms with Crippen LogP contribution in [0.15, 0.2) is 68.6 Å². The number of aryl methyl sites for hydroxylation is 1. The first kappa shape index (κ1) is 28.2. The van der Waals surface area contributed by atoms with E-state index in [0.29, 0.717) is 54.1 Å². The molecule has 0 radical (unpaired) electrons. The molecule has 11 heteroatoms. The quantitative estimate of drug-likeness (QED) is 0.261. The van der Waals surface area contributed by atoms with E-state index in [1.165, 1.54) is 16.7 Å². The lowest BCUT2D eigenvalue weighted by atomic mass is 9.83. The molecule has 228 valence electrons. The zero-order valence-corrected chi connectivity index (χ0v) is 24.4. The molecular weight excluding hydrogens is 566 g/mol. The van der Waals surface area contributed by atoms with E-state index in [1.807, 2.05) is 44.2 Å². The van der Waals surface area contributed by atoms with Crippen molar-refractivity contribution in [2.24, 2.45) is 5.92 Å². The smallest absolute Gasteiger partial charge is 0.336 e. The van der Waals surface area contributed by atoms with Crippen LogP contribution in [0.5, 0.6) is 11.5 Å². The van der Waals surface area contributed by atoms with Crippen molar-refractivity contribution in [2.75, 3.05) is 24.9 Å². The van der Waals surface area contributed by atoms with Crippen molar-refractivity contribution in [3.05, 3.63) is 91.8 Å². The van der Waals surface area contributed by atoms with Crippen molar-refractivity contribution in [3.8, 4) is 22.6 Å². The number of anilines is 1. The fourth-order valence-electron chi connectivity index (χ4n) is 6.92. The van der Waals surface area contributed by atoms with Gasteiger partial charge in [-0.25, -0.2) is 4.79 Å². The fraction of sp³-hybridized carbons (Fsp3) is 0.364. The van der Waals surface area contributed by atoms with Gasteiger partial charge in [0.1, 0.15) is 28.4 Å². The van der Waals surface area contributed by atoms with Gasteiger partial charge < -0.3 is 33.8 Å². The van der Waals surface area contributed by atoms with Crippen molar-refractivity contribution in [2.45, 2.75) is 51.2 Å². The Labute approximate surface area is 252 Å². The van der Waals surface area contributed by atoms with E-state index in [1.54, 1.807) is 17.0 Å². The van der Waals surface area contributed by atoms with Crippen LogP contribution in [0.25, 0.3) is 22.1 Å². The molecule has 5 heterocycles. The first-order chi connectivity index (χ1) is 21.1. The van der Waals surface area contributed by atoms with Crippen molar-refractivity contribution in [3.63, 3.8) is 0 Å². The second kappa shape index (κ2) is 10.5. The van der Waals surface area contributed by atoms with Gasteiger partial charge in [0.2, 0.25) is 0 Å². The minimum atomic E-state index is -0.539. The Morgan fingerprint density at radius 2 is 1.91 bits per heavy atom. The van der Waals surface area contributed by atoms with Crippen molar-refractivity contribution in [1.29, 1.82) is 0 Å². The molecule has 3 aliphatic heterocycles. The summed E-state index contributed by atoms with van der Waals surface area (Å²) in [6, 6.07) is 15.7. The van der Waals surface area contributed by atoms with Crippen LogP contribution in [0.3, 0.4) is 0 Å². The summed E-state index contributed by atoms with van der Waals surface area (Å²) in [6.45, 7) is 4.93. The van der Waals surface area contributed by atoms with Crippen LogP contribution in [0.2, 0.25) is 0 Å². The maximum Gasteiger partial charge on any atom is 0.336 e. The number of amides is 1. The number of pyridine rings is 1. The van der Waals surface area contributed by atoms with Gasteiger partial charge in [-0.15, -0.1) is 0 Å². The highest BCUT2D eigenvalue weighted by atomic mass is 16.8. The lowest BCUT2D eigenvalue weighted by Gasteiger charge is -2.43. The molecule has 2 aromatic carbocycles. The number of fused-ring (bicyclic) bond motifs is 7. The summed E-state index contributed by atoms with van der Waals surface area (Å²) in [5.74, 6) is 0.666. The highest BCUT2D eigenvalue weighted by molar-refractivity contribution is 6.00. The van der Waals surface area contributed by atoms with Gasteiger partial charge in [-0.3, -0.25) is 14.8 Å². The van der Waals surface area contributed by atoms with Gasteiger partial charge >= 0.3 is 5.63 Å². The van der Waals surface area contributed by atoms with E-state index in [2.05, 4.69) is 0 Å². The molecule has 0 unspecified atom stereocenters. The second-order valence-electron chi connectivity index (χ2n) is 12.5. The largest absolute Gasteiger partial charge is 0.733 e. The number of carbonyl (C=O) groups is 1. The molecule has 1 amide bonds. The third-order valence-electron chi connectivity index (χ3n) is 8.98. The molecule has 0 saturated carbocycles. The van der Waals surface area contributed by atoms with Gasteiger partial charge in [0.25, 0.3) is 11.5 Å². The van der Waals surface area contributed by atoms with Gasteiger partial charge in [-0.05, 0) is 56.7 Å². The summed E-state index contributed by atoms with van der Waals surface area (Å²) in [7, 11) is 0. The molecule has 1 saturated heterocycles. The van der Waals surface area contributed by atoms with Crippen LogP contribution >= 0.6 is 0 Å². The summed E-state index contributed by atoms with van der Waals surface area (Å²) in [4.78, 5) is 40.9. The summed E-state index contributed by atoms with van der Waals surface area (Å²) in [5.41, 5.74) is 1.65. The minimum Gasteiger partial charge on any atom is -0.733 e. The maximum atomic E-state index is 13.6. The molecule has 7 rings (SSSR count). The molecule has 2 atom stereocenters. The second-order valence-corrected chi connectivity index (χ2v) is 12.5. The maximum absolute atomic E-state index is 13.6. The summed E-state index contributed by atoms with van der Waals surface area (Å²) >= 11 is 0. The Morgan fingerprint density at radius 1 is 1.11 bits per heavy atom. The van der Waals surface area contributed by atoms with Crippen LogP contribution in [-0.2, 0) is 17.8 Å². The van der Waals surface area contributed by atoms with E-state index >= 15 is 0 Å². The third kappa shape index (κ3) is 4.91. The Bertz CT molecular complexity index is 1900. The van der Waals surface area contributed by atoms with Gasteiger partial charge in [0.15, 0.2) is 6.61 Å². The molecule has 3 aliphatic rings. The highest BCUT2D eigenvalue weighted by Crippen LogP contribution is 2.45. The molecule has 11 nitrogen and oxygen atoms in total. The topological polar surface area (TPSA) is 138 Å². The van der Waals surface area contributed by atoms with Gasteiger partial charge in [0.05, 0.1) is 5.39 Å². The Morgan fingerprint density at radius 3 is 2.68 bits per heavy atom. The van der Waals surface area contributed by atoms with Crippen LogP contribution in [-0.4, -0.2) is 45.9 Å². The number of nitrogens with zero attached hydrogens (tertiary/aromatic N) is 3. The monoisotopic (exact) mass is 598 g/mol. The van der Waals surface area contributed by atoms with E-state index < -0.39 is 22.0 Å². The Balaban J connectivity index is 1.21. The Kier molecular flexibility index (Phi) is 6.74. The molecule has 1 fully saturated rings. The summed E-state index contributed by atoms with van der Waals surface area (Å²) in [6.07, 6.45) is 2.22. The molecule has 1 N–H and O–H groups in total. The molecule has 2 bridgehead atoms. The zero-order chi connectivity index (χ0) is 30.7. The Hall–Kier alpha value is -4.61. The first-order valence-electron chi connectivity index (χ1n) is 14.8. The van der Waals surface area contributed by atoms with Gasteiger partial charge in [-0.2, -0.15) is 0 Å². The average Bonchev–Trinajstić information content (AvgIpc) is 2.99.